The summed E-state index contributed by atoms with van der Waals surface area (Å²) >= 11 is 0. The normalized spacial score (nSPS) is 12.9. The summed E-state index contributed by atoms with van der Waals surface area (Å²) in [5, 5.41) is 1.09. The van der Waals surface area contributed by atoms with Gasteiger partial charge in [-0.05, 0) is 26.1 Å². The summed E-state index contributed by atoms with van der Waals surface area (Å²) < 4.78 is 5.83. The topological polar surface area (TPSA) is 36.7 Å². The maximum absolute atomic E-state index is 11.7. The maximum Gasteiger partial charge on any atom is 0.236 e. The van der Waals surface area contributed by atoms with Crippen LogP contribution in [0.3, 0.4) is 0 Å². The molecule has 1 amide bonds. The van der Waals surface area contributed by atoms with Crippen molar-refractivity contribution in [2.45, 2.75) is 13.0 Å². The molecule has 0 saturated carbocycles. The van der Waals surface area contributed by atoms with Crippen LogP contribution in [0.2, 0.25) is 0 Å². The van der Waals surface area contributed by atoms with Crippen molar-refractivity contribution in [3.8, 4) is 0 Å². The van der Waals surface area contributed by atoms with Gasteiger partial charge in [0.25, 0.3) is 0 Å². The highest BCUT2D eigenvalue weighted by molar-refractivity contribution is 5.78. The van der Waals surface area contributed by atoms with Crippen molar-refractivity contribution < 1.29 is 9.21 Å². The molecule has 1 aromatic heterocycles. The highest BCUT2D eigenvalue weighted by Gasteiger charge is 2.19. The van der Waals surface area contributed by atoms with Crippen molar-refractivity contribution in [2.24, 2.45) is 0 Å². The number of hydrogen-bond acceptors (Lipinski definition) is 3. The van der Waals surface area contributed by atoms with Gasteiger partial charge in [0.1, 0.15) is 11.3 Å². The predicted octanol–water partition coefficient (Wildman–Crippen LogP) is 2.51. The number of carbonyl (C=O) groups excluding carboxylic acids is 1. The quantitative estimate of drug-likeness (QED) is 0.847. The van der Waals surface area contributed by atoms with Crippen LogP contribution in [0.5, 0.6) is 0 Å². The molecule has 4 nitrogen and oxygen atoms in total. The van der Waals surface area contributed by atoms with Gasteiger partial charge < -0.3 is 9.32 Å². The molecule has 0 aliphatic carbocycles. The van der Waals surface area contributed by atoms with Gasteiger partial charge in [-0.1, -0.05) is 18.2 Å². The van der Waals surface area contributed by atoms with E-state index in [1.807, 2.05) is 49.2 Å². The Balaban J connectivity index is 2.14. The smallest absolute Gasteiger partial charge is 0.236 e. The standard InChI is InChI=1S/C15H20N2O2/c1-11(17(4)10-15(18)16(2)3)14-9-12-7-5-6-8-13(12)19-14/h5-9,11H,10H2,1-4H3. The van der Waals surface area contributed by atoms with E-state index < -0.39 is 0 Å². The van der Waals surface area contributed by atoms with Crippen molar-refractivity contribution >= 4 is 16.9 Å². The van der Waals surface area contributed by atoms with Crippen LogP contribution in [0.15, 0.2) is 34.7 Å². The average molecular weight is 260 g/mol. The van der Waals surface area contributed by atoms with Gasteiger partial charge in [-0.3, -0.25) is 9.69 Å². The lowest BCUT2D eigenvalue weighted by Crippen LogP contribution is -2.35. The summed E-state index contributed by atoms with van der Waals surface area (Å²) in [7, 11) is 5.46. The second kappa shape index (κ2) is 5.45. The summed E-state index contributed by atoms with van der Waals surface area (Å²) in [5.74, 6) is 0.973. The third kappa shape index (κ3) is 2.96. The van der Waals surface area contributed by atoms with Gasteiger partial charge in [-0.15, -0.1) is 0 Å². The van der Waals surface area contributed by atoms with Crippen LogP contribution < -0.4 is 0 Å². The number of para-hydroxylation sites is 1. The molecule has 0 fully saturated rings. The molecule has 0 saturated heterocycles. The van der Waals surface area contributed by atoms with Crippen LogP contribution in [0.4, 0.5) is 0 Å². The first-order valence-corrected chi connectivity index (χ1v) is 6.38. The van der Waals surface area contributed by atoms with Crippen LogP contribution in [0.1, 0.15) is 18.7 Å². The second-order valence-corrected chi connectivity index (χ2v) is 5.07. The molecule has 4 heteroatoms. The lowest BCUT2D eigenvalue weighted by molar-refractivity contribution is -0.130. The van der Waals surface area contributed by atoms with Gasteiger partial charge >= 0.3 is 0 Å². The van der Waals surface area contributed by atoms with Crippen LogP contribution in [0, 0.1) is 0 Å². The minimum absolute atomic E-state index is 0.0660. The van der Waals surface area contributed by atoms with Crippen molar-refractivity contribution in [1.29, 1.82) is 0 Å². The Morgan fingerprint density at radius 1 is 1.26 bits per heavy atom. The Labute approximate surface area is 113 Å². The van der Waals surface area contributed by atoms with Gasteiger partial charge in [0.2, 0.25) is 5.91 Å². The van der Waals surface area contributed by atoms with Crippen molar-refractivity contribution in [1.82, 2.24) is 9.80 Å². The van der Waals surface area contributed by atoms with Crippen LogP contribution in [-0.2, 0) is 4.79 Å². The molecule has 0 aliphatic rings. The molecular formula is C15H20N2O2. The van der Waals surface area contributed by atoms with E-state index in [0.29, 0.717) is 6.54 Å². The van der Waals surface area contributed by atoms with E-state index in [4.69, 9.17) is 4.42 Å². The van der Waals surface area contributed by atoms with Crippen LogP contribution in [-0.4, -0.2) is 43.4 Å². The lowest BCUT2D eigenvalue weighted by Gasteiger charge is -2.23. The van der Waals surface area contributed by atoms with Gasteiger partial charge in [0.05, 0.1) is 12.6 Å². The first kappa shape index (κ1) is 13.6. The molecule has 1 aromatic carbocycles. The molecule has 2 aromatic rings. The van der Waals surface area contributed by atoms with E-state index in [-0.39, 0.29) is 11.9 Å². The number of rotatable bonds is 4. The third-order valence-corrected chi connectivity index (χ3v) is 3.40. The Hall–Kier alpha value is -1.81. The zero-order valence-corrected chi connectivity index (χ0v) is 11.9. The van der Waals surface area contributed by atoms with E-state index in [1.165, 1.54) is 0 Å². The maximum atomic E-state index is 11.7. The zero-order chi connectivity index (χ0) is 14.0. The largest absolute Gasteiger partial charge is 0.459 e. The highest BCUT2D eigenvalue weighted by atomic mass is 16.3. The Morgan fingerprint density at radius 2 is 1.95 bits per heavy atom. The fraction of sp³-hybridized carbons (Fsp3) is 0.400. The van der Waals surface area contributed by atoms with E-state index in [0.717, 1.165) is 16.7 Å². The molecule has 19 heavy (non-hydrogen) atoms. The molecule has 1 heterocycles. The second-order valence-electron chi connectivity index (χ2n) is 5.07. The molecule has 2 rings (SSSR count). The number of benzene rings is 1. The number of carbonyl (C=O) groups is 1. The van der Waals surface area contributed by atoms with Crippen LogP contribution in [0.25, 0.3) is 11.0 Å². The molecule has 0 radical (unpaired) electrons. The minimum atomic E-state index is 0.0660. The fourth-order valence-electron chi connectivity index (χ4n) is 1.92. The van der Waals surface area contributed by atoms with E-state index in [2.05, 4.69) is 0 Å². The number of furan rings is 1. The molecule has 1 atom stereocenters. The van der Waals surface area contributed by atoms with Crippen molar-refractivity contribution in [3.63, 3.8) is 0 Å². The summed E-state index contributed by atoms with van der Waals surface area (Å²) in [5.41, 5.74) is 0.886. The third-order valence-electron chi connectivity index (χ3n) is 3.40. The Kier molecular flexibility index (Phi) is 3.90. The molecule has 0 N–H and O–H groups in total. The Bertz CT molecular complexity index is 541. The van der Waals surface area contributed by atoms with Gasteiger partial charge in [0.15, 0.2) is 0 Å². The minimum Gasteiger partial charge on any atom is -0.459 e. The zero-order valence-electron chi connectivity index (χ0n) is 11.9. The first-order valence-electron chi connectivity index (χ1n) is 6.38. The van der Waals surface area contributed by atoms with Gasteiger partial charge in [-0.2, -0.15) is 0 Å². The molecule has 1 unspecified atom stereocenters. The van der Waals surface area contributed by atoms with Crippen LogP contribution >= 0.6 is 0 Å². The lowest BCUT2D eigenvalue weighted by atomic mass is 10.2. The molecular weight excluding hydrogens is 240 g/mol. The number of hydrogen-bond donors (Lipinski definition) is 0. The monoisotopic (exact) mass is 260 g/mol. The predicted molar refractivity (Wildman–Crippen MR) is 76.0 cm³/mol. The SMILES string of the molecule is CC(c1cc2ccccc2o1)N(C)CC(=O)N(C)C. The molecule has 0 bridgehead atoms. The molecule has 0 spiro atoms. The van der Waals surface area contributed by atoms with E-state index in [1.54, 1.807) is 19.0 Å². The van der Waals surface area contributed by atoms with E-state index in [9.17, 15) is 4.79 Å². The summed E-state index contributed by atoms with van der Waals surface area (Å²) in [6.45, 7) is 2.42. The summed E-state index contributed by atoms with van der Waals surface area (Å²) in [4.78, 5) is 15.3. The molecule has 102 valence electrons. The van der Waals surface area contributed by atoms with E-state index >= 15 is 0 Å². The first-order chi connectivity index (χ1) is 8.99. The number of likely N-dealkylation sites (N-methyl/N-ethyl adjacent to an activating group) is 2. The number of amides is 1. The van der Waals surface area contributed by atoms with Gasteiger partial charge in [0, 0.05) is 19.5 Å². The Morgan fingerprint density at radius 3 is 2.58 bits per heavy atom. The van der Waals surface area contributed by atoms with Gasteiger partial charge in [-0.25, -0.2) is 0 Å². The average Bonchev–Trinajstić information content (AvgIpc) is 2.81. The number of fused-ring (bicyclic) bond motifs is 1. The van der Waals surface area contributed by atoms with Crippen molar-refractivity contribution in [2.75, 3.05) is 27.7 Å². The summed E-state index contributed by atoms with van der Waals surface area (Å²) in [6, 6.07) is 10.0. The summed E-state index contributed by atoms with van der Waals surface area (Å²) in [6.07, 6.45) is 0. The highest BCUT2D eigenvalue weighted by Crippen LogP contribution is 2.26. The number of nitrogens with zero attached hydrogens (tertiary/aromatic N) is 2. The van der Waals surface area contributed by atoms with Crippen molar-refractivity contribution in [3.05, 3.63) is 36.1 Å². The fourth-order valence-corrected chi connectivity index (χ4v) is 1.92. The molecule has 0 aliphatic heterocycles.